The number of carbonyl (C=O) groups is 1. The Morgan fingerprint density at radius 3 is 2.76 bits per heavy atom. The van der Waals surface area contributed by atoms with Gasteiger partial charge in [-0.2, -0.15) is 0 Å². The van der Waals surface area contributed by atoms with Gasteiger partial charge in [0.2, 0.25) is 0 Å². The summed E-state index contributed by atoms with van der Waals surface area (Å²) in [6.45, 7) is 4.34. The van der Waals surface area contributed by atoms with Gasteiger partial charge in [-0.15, -0.1) is 0 Å². The van der Waals surface area contributed by atoms with Gasteiger partial charge in [0, 0.05) is 17.9 Å². The lowest BCUT2D eigenvalue weighted by Crippen LogP contribution is -2.30. The van der Waals surface area contributed by atoms with Gasteiger partial charge in [0.25, 0.3) is 5.91 Å². The van der Waals surface area contributed by atoms with Crippen molar-refractivity contribution in [3.63, 3.8) is 0 Å². The molecule has 0 atom stereocenters. The lowest BCUT2D eigenvalue weighted by atomic mass is 10.2. The Balaban J connectivity index is 1.73. The minimum absolute atomic E-state index is 0.0877. The lowest BCUT2D eigenvalue weighted by Gasteiger charge is -2.08. The van der Waals surface area contributed by atoms with Crippen LogP contribution in [0.25, 0.3) is 0 Å². The van der Waals surface area contributed by atoms with Crippen LogP contribution in [0.2, 0.25) is 0 Å². The highest BCUT2D eigenvalue weighted by Gasteiger charge is 2.07. The summed E-state index contributed by atoms with van der Waals surface area (Å²) in [6.07, 6.45) is 0.752. The molecule has 112 valence electrons. The molecule has 2 aromatic rings. The molecule has 0 aliphatic heterocycles. The number of aromatic amines is 1. The number of amides is 1. The minimum Gasteiger partial charge on any atom is -0.481 e. The molecule has 0 saturated carbocycles. The first-order valence-electron chi connectivity index (χ1n) is 6.85. The number of hydrogen-bond donors (Lipinski definition) is 2. The van der Waals surface area contributed by atoms with Crippen molar-refractivity contribution in [2.45, 2.75) is 20.3 Å². The van der Waals surface area contributed by atoms with Crippen LogP contribution in [0.1, 0.15) is 17.0 Å². The monoisotopic (exact) mass is 290 g/mol. The summed E-state index contributed by atoms with van der Waals surface area (Å²) in [6, 6.07) is 8.09. The van der Waals surface area contributed by atoms with Gasteiger partial charge in [0.15, 0.2) is 18.2 Å². The molecule has 1 aromatic carbocycles. The Morgan fingerprint density at radius 1 is 1.33 bits per heavy atom. The average molecular weight is 290 g/mol. The van der Waals surface area contributed by atoms with Crippen LogP contribution in [-0.4, -0.2) is 24.0 Å². The van der Waals surface area contributed by atoms with Gasteiger partial charge in [-0.25, -0.2) is 4.39 Å². The number of nitrogens with one attached hydrogen (secondary N) is 2. The molecule has 4 nitrogen and oxygen atoms in total. The second kappa shape index (κ2) is 6.92. The van der Waals surface area contributed by atoms with E-state index in [1.165, 1.54) is 17.7 Å². The third-order valence-corrected chi connectivity index (χ3v) is 3.17. The number of aryl methyl sites for hydroxylation is 2. The van der Waals surface area contributed by atoms with E-state index in [2.05, 4.69) is 16.4 Å². The summed E-state index contributed by atoms with van der Waals surface area (Å²) in [5.74, 6) is -0.642. The Morgan fingerprint density at radius 2 is 2.10 bits per heavy atom. The van der Waals surface area contributed by atoms with Crippen molar-refractivity contribution in [3.8, 4) is 5.75 Å². The molecule has 0 bridgehead atoms. The van der Waals surface area contributed by atoms with E-state index in [1.807, 2.05) is 13.8 Å². The number of carbonyl (C=O) groups excluding carboxylic acids is 1. The summed E-state index contributed by atoms with van der Waals surface area (Å²) in [7, 11) is 0. The summed E-state index contributed by atoms with van der Waals surface area (Å²) >= 11 is 0. The Kier molecular flexibility index (Phi) is 4.98. The van der Waals surface area contributed by atoms with Gasteiger partial charge in [0.1, 0.15) is 0 Å². The number of rotatable bonds is 6. The maximum Gasteiger partial charge on any atom is 0.257 e. The molecular formula is C16H19FN2O2. The van der Waals surface area contributed by atoms with Crippen molar-refractivity contribution in [2.24, 2.45) is 0 Å². The summed E-state index contributed by atoms with van der Waals surface area (Å²) < 4.78 is 18.4. The average Bonchev–Trinajstić information content (AvgIpc) is 2.76. The predicted molar refractivity (Wildman–Crippen MR) is 78.9 cm³/mol. The first-order valence-corrected chi connectivity index (χ1v) is 6.85. The van der Waals surface area contributed by atoms with Gasteiger partial charge >= 0.3 is 0 Å². The maximum atomic E-state index is 13.3. The molecule has 0 aliphatic rings. The van der Waals surface area contributed by atoms with Crippen LogP contribution in [0.4, 0.5) is 4.39 Å². The highest BCUT2D eigenvalue weighted by atomic mass is 19.1. The van der Waals surface area contributed by atoms with Gasteiger partial charge < -0.3 is 15.0 Å². The summed E-state index contributed by atoms with van der Waals surface area (Å²) in [5, 5.41) is 2.76. The van der Waals surface area contributed by atoms with Crippen LogP contribution in [0.3, 0.4) is 0 Å². The Hall–Kier alpha value is -2.30. The van der Waals surface area contributed by atoms with Crippen LogP contribution in [0, 0.1) is 19.7 Å². The lowest BCUT2D eigenvalue weighted by molar-refractivity contribution is -0.123. The van der Waals surface area contributed by atoms with Crippen molar-refractivity contribution in [2.75, 3.05) is 13.2 Å². The molecule has 2 rings (SSSR count). The standard InChI is InChI=1S/C16H19FN2O2/c1-11-9-13(12(2)19-11)7-8-18-16(20)10-21-15-6-4-3-5-14(15)17/h3-6,9,19H,7-8,10H2,1-2H3,(H,18,20). The molecule has 0 aliphatic carbocycles. The molecule has 1 aromatic heterocycles. The predicted octanol–water partition coefficient (Wildman–Crippen LogP) is 2.51. The normalized spacial score (nSPS) is 10.4. The molecular weight excluding hydrogens is 271 g/mol. The zero-order valence-corrected chi connectivity index (χ0v) is 12.2. The van der Waals surface area contributed by atoms with Gasteiger partial charge in [-0.3, -0.25) is 4.79 Å². The molecule has 0 fully saturated rings. The van der Waals surface area contributed by atoms with E-state index in [4.69, 9.17) is 4.74 Å². The second-order valence-electron chi connectivity index (χ2n) is 4.92. The molecule has 0 unspecified atom stereocenters. The van der Waals surface area contributed by atoms with E-state index in [9.17, 15) is 9.18 Å². The molecule has 1 amide bonds. The second-order valence-corrected chi connectivity index (χ2v) is 4.92. The Bertz CT molecular complexity index is 622. The number of benzene rings is 1. The van der Waals surface area contributed by atoms with E-state index in [0.29, 0.717) is 6.54 Å². The topological polar surface area (TPSA) is 54.1 Å². The smallest absolute Gasteiger partial charge is 0.257 e. The first kappa shape index (κ1) is 15.1. The van der Waals surface area contributed by atoms with Crippen molar-refractivity contribution < 1.29 is 13.9 Å². The van der Waals surface area contributed by atoms with Crippen molar-refractivity contribution >= 4 is 5.91 Å². The van der Waals surface area contributed by atoms with Crippen LogP contribution in [0.15, 0.2) is 30.3 Å². The molecule has 5 heteroatoms. The SMILES string of the molecule is Cc1cc(CCNC(=O)COc2ccccc2F)c(C)[nH]1. The summed E-state index contributed by atoms with van der Waals surface area (Å²) in [4.78, 5) is 14.9. The third-order valence-electron chi connectivity index (χ3n) is 3.17. The van der Waals surface area contributed by atoms with Gasteiger partial charge in [-0.05, 0) is 44.0 Å². The van der Waals surface area contributed by atoms with Crippen molar-refractivity contribution in [1.82, 2.24) is 10.3 Å². The fourth-order valence-corrected chi connectivity index (χ4v) is 2.13. The largest absolute Gasteiger partial charge is 0.481 e. The minimum atomic E-state index is -0.469. The zero-order chi connectivity index (χ0) is 15.2. The fourth-order valence-electron chi connectivity index (χ4n) is 2.13. The van der Waals surface area contributed by atoms with E-state index < -0.39 is 5.82 Å². The van der Waals surface area contributed by atoms with Crippen LogP contribution in [0.5, 0.6) is 5.75 Å². The van der Waals surface area contributed by atoms with E-state index in [0.717, 1.165) is 17.8 Å². The van der Waals surface area contributed by atoms with Crippen LogP contribution < -0.4 is 10.1 Å². The number of hydrogen-bond acceptors (Lipinski definition) is 2. The molecule has 21 heavy (non-hydrogen) atoms. The number of H-pyrrole nitrogens is 1. The molecule has 0 saturated heterocycles. The summed E-state index contributed by atoms with van der Waals surface area (Å²) in [5.41, 5.74) is 3.41. The molecule has 1 heterocycles. The van der Waals surface area contributed by atoms with E-state index in [1.54, 1.807) is 12.1 Å². The molecule has 0 spiro atoms. The third kappa shape index (κ3) is 4.34. The first-order chi connectivity index (χ1) is 10.1. The van der Waals surface area contributed by atoms with Gasteiger partial charge in [-0.1, -0.05) is 12.1 Å². The number of para-hydroxylation sites is 1. The maximum absolute atomic E-state index is 13.3. The quantitative estimate of drug-likeness (QED) is 0.859. The van der Waals surface area contributed by atoms with Crippen LogP contribution in [-0.2, 0) is 11.2 Å². The van der Waals surface area contributed by atoms with Crippen molar-refractivity contribution in [1.29, 1.82) is 0 Å². The fraction of sp³-hybridized carbons (Fsp3) is 0.312. The highest BCUT2D eigenvalue weighted by Crippen LogP contribution is 2.14. The zero-order valence-electron chi connectivity index (χ0n) is 12.2. The van der Waals surface area contributed by atoms with Gasteiger partial charge in [0.05, 0.1) is 0 Å². The number of aromatic nitrogens is 1. The van der Waals surface area contributed by atoms with E-state index >= 15 is 0 Å². The number of halogens is 1. The molecule has 2 N–H and O–H groups in total. The molecule has 0 radical (unpaired) electrons. The van der Waals surface area contributed by atoms with Crippen molar-refractivity contribution in [3.05, 3.63) is 53.1 Å². The number of ether oxygens (including phenoxy) is 1. The van der Waals surface area contributed by atoms with Crippen LogP contribution >= 0.6 is 0 Å². The Labute approximate surface area is 123 Å². The highest BCUT2D eigenvalue weighted by molar-refractivity contribution is 5.77. The van der Waals surface area contributed by atoms with E-state index in [-0.39, 0.29) is 18.3 Å².